The molecule has 0 aliphatic heterocycles. The van der Waals surface area contributed by atoms with Crippen LogP contribution < -0.4 is 5.69 Å². The molecule has 0 atom stereocenters. The Morgan fingerprint density at radius 1 is 1.03 bits per heavy atom. The van der Waals surface area contributed by atoms with Crippen molar-refractivity contribution in [2.75, 3.05) is 0 Å². The zero-order valence-electron chi connectivity index (χ0n) is 17.2. The van der Waals surface area contributed by atoms with E-state index in [1.165, 1.54) is 16.7 Å². The Balaban J connectivity index is 1.52. The molecule has 0 amide bonds. The molecule has 3 heterocycles. The SMILES string of the molecule is Cn1ncc2cc(-c3nc(-n4ccc(C5CC5)nc4=O)c(-c4ccc(F)cc4)o3)ccc21. The molecule has 2 aromatic carbocycles. The summed E-state index contributed by atoms with van der Waals surface area (Å²) in [6.07, 6.45) is 5.57. The van der Waals surface area contributed by atoms with Gasteiger partial charge in [-0.15, -0.1) is 0 Å². The molecule has 0 N–H and O–H groups in total. The van der Waals surface area contributed by atoms with E-state index < -0.39 is 5.69 Å². The van der Waals surface area contributed by atoms with E-state index in [2.05, 4.69) is 15.1 Å². The topological polar surface area (TPSA) is 78.7 Å². The second kappa shape index (κ2) is 6.98. The summed E-state index contributed by atoms with van der Waals surface area (Å²) in [6, 6.07) is 13.5. The Hall–Kier alpha value is -4.07. The first kappa shape index (κ1) is 18.7. The van der Waals surface area contributed by atoms with Crippen molar-refractivity contribution in [1.29, 1.82) is 0 Å². The molecule has 0 spiro atoms. The molecule has 6 rings (SSSR count). The Morgan fingerprint density at radius 2 is 1.81 bits per heavy atom. The van der Waals surface area contributed by atoms with Crippen molar-refractivity contribution in [3.8, 4) is 28.6 Å². The van der Waals surface area contributed by atoms with Crippen LogP contribution >= 0.6 is 0 Å². The van der Waals surface area contributed by atoms with Crippen LogP contribution in [0, 0.1) is 5.82 Å². The fourth-order valence-electron chi connectivity index (χ4n) is 3.87. The molecule has 0 unspecified atom stereocenters. The summed E-state index contributed by atoms with van der Waals surface area (Å²) in [5, 5.41) is 5.22. The van der Waals surface area contributed by atoms with Gasteiger partial charge >= 0.3 is 5.69 Å². The van der Waals surface area contributed by atoms with Gasteiger partial charge in [-0.05, 0) is 61.4 Å². The van der Waals surface area contributed by atoms with Crippen molar-refractivity contribution in [3.05, 3.63) is 82.9 Å². The van der Waals surface area contributed by atoms with Crippen molar-refractivity contribution in [1.82, 2.24) is 24.3 Å². The number of halogens is 1. The summed E-state index contributed by atoms with van der Waals surface area (Å²) < 4.78 is 22.8. The molecule has 1 saturated carbocycles. The molecule has 0 bridgehead atoms. The minimum Gasteiger partial charge on any atom is -0.434 e. The molecule has 1 aliphatic carbocycles. The summed E-state index contributed by atoms with van der Waals surface area (Å²) in [6.45, 7) is 0. The Kier molecular flexibility index (Phi) is 4.07. The quantitative estimate of drug-likeness (QED) is 0.423. The van der Waals surface area contributed by atoms with E-state index >= 15 is 0 Å². The maximum Gasteiger partial charge on any atom is 0.353 e. The third-order valence-corrected chi connectivity index (χ3v) is 5.76. The number of oxazole rings is 1. The average molecular weight is 427 g/mol. The second-order valence-corrected chi connectivity index (χ2v) is 8.00. The summed E-state index contributed by atoms with van der Waals surface area (Å²) in [4.78, 5) is 21.7. The number of nitrogens with zero attached hydrogens (tertiary/aromatic N) is 5. The van der Waals surface area contributed by atoms with Crippen molar-refractivity contribution in [2.45, 2.75) is 18.8 Å². The van der Waals surface area contributed by atoms with Gasteiger partial charge in [0.15, 0.2) is 11.6 Å². The molecule has 1 fully saturated rings. The minimum absolute atomic E-state index is 0.317. The minimum atomic E-state index is -0.416. The van der Waals surface area contributed by atoms with E-state index in [9.17, 15) is 9.18 Å². The fraction of sp³-hybridized carbons (Fsp3) is 0.167. The number of benzene rings is 2. The van der Waals surface area contributed by atoms with E-state index in [0.717, 1.165) is 35.0 Å². The van der Waals surface area contributed by atoms with Gasteiger partial charge in [-0.3, -0.25) is 4.68 Å². The summed E-state index contributed by atoms with van der Waals surface area (Å²) in [5.74, 6) is 1.05. The maximum atomic E-state index is 13.5. The average Bonchev–Trinajstić information content (AvgIpc) is 3.46. The first-order valence-corrected chi connectivity index (χ1v) is 10.4. The van der Waals surface area contributed by atoms with Gasteiger partial charge in [0, 0.05) is 35.7 Å². The van der Waals surface area contributed by atoms with E-state index in [-0.39, 0.29) is 5.82 Å². The molecular weight excluding hydrogens is 409 g/mol. The Labute approximate surface area is 181 Å². The monoisotopic (exact) mass is 427 g/mol. The van der Waals surface area contributed by atoms with Gasteiger partial charge in [0.1, 0.15) is 5.82 Å². The number of hydrogen-bond donors (Lipinski definition) is 0. The van der Waals surface area contributed by atoms with Crippen molar-refractivity contribution < 1.29 is 8.81 Å². The lowest BCUT2D eigenvalue weighted by Crippen LogP contribution is -2.22. The van der Waals surface area contributed by atoms with Crippen LogP contribution in [0.2, 0.25) is 0 Å². The van der Waals surface area contributed by atoms with Crippen LogP contribution in [0.3, 0.4) is 0 Å². The summed E-state index contributed by atoms with van der Waals surface area (Å²) in [7, 11) is 1.88. The van der Waals surface area contributed by atoms with Crippen LogP contribution in [0.25, 0.3) is 39.5 Å². The number of aryl methyl sites for hydroxylation is 1. The van der Waals surface area contributed by atoms with E-state index in [1.54, 1.807) is 29.2 Å². The lowest BCUT2D eigenvalue weighted by Gasteiger charge is -2.05. The zero-order valence-corrected chi connectivity index (χ0v) is 17.2. The van der Waals surface area contributed by atoms with Gasteiger partial charge in [0.05, 0.1) is 17.4 Å². The van der Waals surface area contributed by atoms with Gasteiger partial charge in [-0.25, -0.2) is 13.8 Å². The Morgan fingerprint density at radius 3 is 2.56 bits per heavy atom. The highest BCUT2D eigenvalue weighted by atomic mass is 19.1. The second-order valence-electron chi connectivity index (χ2n) is 8.00. The van der Waals surface area contributed by atoms with Crippen LogP contribution in [0.4, 0.5) is 4.39 Å². The third kappa shape index (κ3) is 3.11. The predicted molar refractivity (Wildman–Crippen MR) is 117 cm³/mol. The van der Waals surface area contributed by atoms with Crippen LogP contribution in [-0.2, 0) is 7.05 Å². The smallest absolute Gasteiger partial charge is 0.353 e. The van der Waals surface area contributed by atoms with Crippen molar-refractivity contribution in [2.24, 2.45) is 7.05 Å². The lowest BCUT2D eigenvalue weighted by atomic mass is 10.1. The molecule has 1 aliphatic rings. The number of aromatic nitrogens is 5. The largest absolute Gasteiger partial charge is 0.434 e. The highest BCUT2D eigenvalue weighted by molar-refractivity contribution is 5.83. The van der Waals surface area contributed by atoms with Crippen LogP contribution in [0.15, 0.2) is 70.1 Å². The van der Waals surface area contributed by atoms with E-state index in [0.29, 0.717) is 29.0 Å². The molecule has 0 saturated heterocycles. The van der Waals surface area contributed by atoms with Gasteiger partial charge in [-0.1, -0.05) is 0 Å². The lowest BCUT2D eigenvalue weighted by molar-refractivity contribution is 0.587. The van der Waals surface area contributed by atoms with Crippen LogP contribution in [-0.4, -0.2) is 24.3 Å². The normalized spacial score (nSPS) is 13.7. The molecular formula is C24H18FN5O2. The molecule has 8 heteroatoms. The van der Waals surface area contributed by atoms with Gasteiger partial charge < -0.3 is 4.42 Å². The first-order chi connectivity index (χ1) is 15.6. The van der Waals surface area contributed by atoms with Crippen molar-refractivity contribution >= 4 is 10.9 Å². The van der Waals surface area contributed by atoms with E-state index in [1.807, 2.05) is 31.3 Å². The van der Waals surface area contributed by atoms with Crippen molar-refractivity contribution in [3.63, 3.8) is 0 Å². The third-order valence-electron chi connectivity index (χ3n) is 5.76. The van der Waals surface area contributed by atoms with Crippen LogP contribution in [0.1, 0.15) is 24.5 Å². The summed E-state index contributed by atoms with van der Waals surface area (Å²) in [5.41, 5.74) is 2.73. The van der Waals surface area contributed by atoms with Gasteiger partial charge in [-0.2, -0.15) is 15.1 Å². The predicted octanol–water partition coefficient (Wildman–Crippen LogP) is 4.46. The highest BCUT2D eigenvalue weighted by Gasteiger charge is 2.26. The molecule has 5 aromatic rings. The summed E-state index contributed by atoms with van der Waals surface area (Å²) >= 11 is 0. The molecule has 158 valence electrons. The molecule has 0 radical (unpaired) electrons. The molecule has 7 nitrogen and oxygen atoms in total. The number of fused-ring (bicyclic) bond motifs is 1. The standard InChI is InChI=1S/C24H18FN5O2/c1-29-20-9-6-16(12-17(20)13-26-29)23-28-22(21(32-23)15-4-7-18(25)8-5-15)30-11-10-19(14-2-3-14)27-24(30)31/h4-14H,2-3H2,1H3. The Bertz CT molecular complexity index is 1530. The maximum absolute atomic E-state index is 13.5. The number of rotatable bonds is 4. The highest BCUT2D eigenvalue weighted by Crippen LogP contribution is 2.38. The van der Waals surface area contributed by atoms with Gasteiger partial charge in [0.25, 0.3) is 0 Å². The fourth-order valence-corrected chi connectivity index (χ4v) is 3.87. The zero-order chi connectivity index (χ0) is 21.8. The first-order valence-electron chi connectivity index (χ1n) is 10.4. The van der Waals surface area contributed by atoms with E-state index in [4.69, 9.17) is 4.42 Å². The van der Waals surface area contributed by atoms with Crippen LogP contribution in [0.5, 0.6) is 0 Å². The molecule has 32 heavy (non-hydrogen) atoms. The molecule has 3 aromatic heterocycles. The number of hydrogen-bond acceptors (Lipinski definition) is 5. The van der Waals surface area contributed by atoms with Gasteiger partial charge in [0.2, 0.25) is 5.89 Å².